The normalized spacial score (nSPS) is 16.0. The van der Waals surface area contributed by atoms with Crippen LogP contribution in [0.2, 0.25) is 0 Å². The molecule has 198 valence electrons. The van der Waals surface area contributed by atoms with E-state index in [1.54, 1.807) is 18.2 Å². The fourth-order valence-electron chi connectivity index (χ4n) is 5.03. The highest BCUT2D eigenvalue weighted by atomic mass is 16.3. The summed E-state index contributed by atoms with van der Waals surface area (Å²) in [5.41, 5.74) is 2.63. The van der Waals surface area contributed by atoms with Crippen molar-refractivity contribution in [2.45, 2.75) is 39.1 Å². The summed E-state index contributed by atoms with van der Waals surface area (Å²) in [5, 5.41) is 34.1. The van der Waals surface area contributed by atoms with Gasteiger partial charge in [-0.05, 0) is 32.0 Å². The van der Waals surface area contributed by atoms with E-state index in [0.717, 1.165) is 56.0 Å². The Balaban J connectivity index is 1.35. The van der Waals surface area contributed by atoms with Crippen molar-refractivity contribution in [1.82, 2.24) is 20.0 Å². The van der Waals surface area contributed by atoms with Crippen molar-refractivity contribution in [2.24, 2.45) is 0 Å². The largest absolute Gasteiger partial charge is 0.508 e. The summed E-state index contributed by atoms with van der Waals surface area (Å²) in [6.45, 7) is 11.8. The van der Waals surface area contributed by atoms with Crippen LogP contribution in [0.1, 0.15) is 30.5 Å². The molecule has 7 heteroatoms. The molecule has 4 rings (SSSR count). The Morgan fingerprint density at radius 3 is 1.89 bits per heavy atom. The van der Waals surface area contributed by atoms with Crippen molar-refractivity contribution >= 4 is 0 Å². The van der Waals surface area contributed by atoms with E-state index in [0.29, 0.717) is 36.9 Å². The standard InChI is InChI=1S/C30H40N4O3/c1-30(2)33(19-20-34(30)23-26-11-5-8-14-29(26)37)18-17-32(22-25-10-4-7-13-28(25)36)16-15-31-21-24-9-3-6-12-27(24)35/h3-14,31,35-37H,15-23H2,1-2H3. The molecule has 0 saturated carbocycles. The van der Waals surface area contributed by atoms with Crippen molar-refractivity contribution in [3.05, 3.63) is 89.5 Å². The molecule has 0 spiro atoms. The molecule has 3 aromatic rings. The summed E-state index contributed by atoms with van der Waals surface area (Å²) >= 11 is 0. The van der Waals surface area contributed by atoms with E-state index in [2.05, 4.69) is 33.9 Å². The topological polar surface area (TPSA) is 82.4 Å². The van der Waals surface area contributed by atoms with E-state index >= 15 is 0 Å². The van der Waals surface area contributed by atoms with Crippen molar-refractivity contribution < 1.29 is 15.3 Å². The van der Waals surface area contributed by atoms with Gasteiger partial charge < -0.3 is 20.6 Å². The van der Waals surface area contributed by atoms with Gasteiger partial charge in [-0.2, -0.15) is 0 Å². The molecule has 0 aliphatic carbocycles. The van der Waals surface area contributed by atoms with Gasteiger partial charge >= 0.3 is 0 Å². The predicted molar refractivity (Wildman–Crippen MR) is 147 cm³/mol. The summed E-state index contributed by atoms with van der Waals surface area (Å²) in [6.07, 6.45) is 0. The summed E-state index contributed by atoms with van der Waals surface area (Å²) in [7, 11) is 0. The van der Waals surface area contributed by atoms with Crippen LogP contribution in [0.15, 0.2) is 72.8 Å². The van der Waals surface area contributed by atoms with Crippen LogP contribution >= 0.6 is 0 Å². The molecule has 0 amide bonds. The molecule has 1 aliphatic heterocycles. The second kappa shape index (κ2) is 12.4. The van der Waals surface area contributed by atoms with Gasteiger partial charge in [0, 0.05) is 75.6 Å². The number of nitrogens with zero attached hydrogens (tertiary/aromatic N) is 3. The zero-order chi connectivity index (χ0) is 26.3. The summed E-state index contributed by atoms with van der Waals surface area (Å²) < 4.78 is 0. The quantitative estimate of drug-likeness (QED) is 0.278. The lowest BCUT2D eigenvalue weighted by molar-refractivity contribution is 0.0358. The van der Waals surface area contributed by atoms with E-state index in [4.69, 9.17) is 0 Å². The molecule has 37 heavy (non-hydrogen) atoms. The zero-order valence-corrected chi connectivity index (χ0v) is 22.0. The van der Waals surface area contributed by atoms with E-state index in [1.807, 2.05) is 54.6 Å². The molecule has 0 atom stereocenters. The maximum absolute atomic E-state index is 10.4. The first-order chi connectivity index (χ1) is 17.8. The van der Waals surface area contributed by atoms with E-state index < -0.39 is 0 Å². The number of hydrogen-bond donors (Lipinski definition) is 4. The Kier molecular flexibility index (Phi) is 9.05. The number of benzene rings is 3. The lowest BCUT2D eigenvalue weighted by Gasteiger charge is -2.39. The first-order valence-corrected chi connectivity index (χ1v) is 13.1. The lowest BCUT2D eigenvalue weighted by Crippen LogP contribution is -2.50. The first-order valence-electron chi connectivity index (χ1n) is 13.1. The molecule has 1 aliphatic rings. The van der Waals surface area contributed by atoms with Crippen LogP contribution in [-0.2, 0) is 19.6 Å². The number of hydrogen-bond acceptors (Lipinski definition) is 7. The smallest absolute Gasteiger partial charge is 0.120 e. The maximum atomic E-state index is 10.4. The van der Waals surface area contributed by atoms with Gasteiger partial charge in [0.25, 0.3) is 0 Å². The fourth-order valence-corrected chi connectivity index (χ4v) is 5.03. The molecule has 4 N–H and O–H groups in total. The van der Waals surface area contributed by atoms with Crippen LogP contribution < -0.4 is 5.32 Å². The molecule has 0 unspecified atom stereocenters. The summed E-state index contributed by atoms with van der Waals surface area (Å²) in [4.78, 5) is 7.29. The van der Waals surface area contributed by atoms with E-state index in [-0.39, 0.29) is 5.66 Å². The lowest BCUT2D eigenvalue weighted by atomic mass is 10.1. The number of phenols is 3. The maximum Gasteiger partial charge on any atom is 0.120 e. The minimum atomic E-state index is -0.133. The van der Waals surface area contributed by atoms with Gasteiger partial charge in [-0.15, -0.1) is 0 Å². The fraction of sp³-hybridized carbons (Fsp3) is 0.400. The first kappa shape index (κ1) is 26.9. The summed E-state index contributed by atoms with van der Waals surface area (Å²) in [5.74, 6) is 0.984. The van der Waals surface area contributed by atoms with Gasteiger partial charge in [-0.3, -0.25) is 14.7 Å². The SMILES string of the molecule is CC1(C)N(CCN(CCNCc2ccccc2O)Cc2ccccc2O)CCN1Cc1ccccc1O. The van der Waals surface area contributed by atoms with Crippen LogP contribution in [0.5, 0.6) is 17.2 Å². The van der Waals surface area contributed by atoms with Crippen LogP contribution in [-0.4, -0.2) is 75.0 Å². The number of aromatic hydroxyl groups is 3. The second-order valence-electron chi connectivity index (χ2n) is 10.2. The van der Waals surface area contributed by atoms with Gasteiger partial charge in [0.2, 0.25) is 0 Å². The van der Waals surface area contributed by atoms with Crippen molar-refractivity contribution in [1.29, 1.82) is 0 Å². The molecule has 7 nitrogen and oxygen atoms in total. The molecule has 1 heterocycles. The van der Waals surface area contributed by atoms with Gasteiger partial charge in [0.15, 0.2) is 0 Å². The Morgan fingerprint density at radius 1 is 0.730 bits per heavy atom. The Labute approximate surface area is 220 Å². The highest BCUT2D eigenvalue weighted by molar-refractivity contribution is 5.33. The van der Waals surface area contributed by atoms with Crippen LogP contribution in [0.3, 0.4) is 0 Å². The third-order valence-electron chi connectivity index (χ3n) is 7.52. The predicted octanol–water partition coefficient (Wildman–Crippen LogP) is 3.95. The molecule has 0 bridgehead atoms. The molecular weight excluding hydrogens is 464 g/mol. The second-order valence-corrected chi connectivity index (χ2v) is 10.2. The van der Waals surface area contributed by atoms with Crippen molar-refractivity contribution in [3.63, 3.8) is 0 Å². The van der Waals surface area contributed by atoms with Gasteiger partial charge in [0.1, 0.15) is 17.2 Å². The van der Waals surface area contributed by atoms with Gasteiger partial charge in [0.05, 0.1) is 5.66 Å². The van der Waals surface area contributed by atoms with Crippen LogP contribution in [0.4, 0.5) is 0 Å². The van der Waals surface area contributed by atoms with Gasteiger partial charge in [-0.1, -0.05) is 54.6 Å². The van der Waals surface area contributed by atoms with Crippen LogP contribution in [0.25, 0.3) is 0 Å². The molecule has 0 radical (unpaired) electrons. The average molecular weight is 505 g/mol. The van der Waals surface area contributed by atoms with Crippen molar-refractivity contribution in [2.75, 3.05) is 39.3 Å². The third-order valence-corrected chi connectivity index (χ3v) is 7.52. The molecule has 1 saturated heterocycles. The minimum Gasteiger partial charge on any atom is -0.508 e. The van der Waals surface area contributed by atoms with Crippen molar-refractivity contribution in [3.8, 4) is 17.2 Å². The number of rotatable bonds is 12. The zero-order valence-electron chi connectivity index (χ0n) is 22.0. The van der Waals surface area contributed by atoms with E-state index in [9.17, 15) is 15.3 Å². The Hall–Kier alpha value is -3.10. The highest BCUT2D eigenvalue weighted by Gasteiger charge is 2.39. The van der Waals surface area contributed by atoms with Gasteiger partial charge in [-0.25, -0.2) is 0 Å². The Morgan fingerprint density at radius 2 is 1.27 bits per heavy atom. The Bertz CT molecular complexity index is 1150. The van der Waals surface area contributed by atoms with E-state index in [1.165, 1.54) is 0 Å². The summed E-state index contributed by atoms with van der Waals surface area (Å²) in [6, 6.07) is 22.5. The number of para-hydroxylation sites is 3. The average Bonchev–Trinajstić information content (AvgIpc) is 3.16. The number of phenolic OH excluding ortho intramolecular Hbond substituents is 3. The molecule has 1 fully saturated rings. The molecule has 0 aromatic heterocycles. The molecular formula is C30H40N4O3. The highest BCUT2D eigenvalue weighted by Crippen LogP contribution is 2.30. The molecule has 3 aromatic carbocycles. The monoisotopic (exact) mass is 504 g/mol. The minimum absolute atomic E-state index is 0.133. The number of nitrogens with one attached hydrogen (secondary N) is 1. The van der Waals surface area contributed by atoms with Crippen LogP contribution in [0, 0.1) is 0 Å². The third kappa shape index (κ3) is 7.02.